The van der Waals surface area contributed by atoms with Gasteiger partial charge in [-0.25, -0.2) is 0 Å². The zero-order valence-corrected chi connectivity index (χ0v) is 18.4. The molecular weight excluding hydrogens is 420 g/mol. The van der Waals surface area contributed by atoms with E-state index in [1.807, 2.05) is 6.07 Å². The Labute approximate surface area is 191 Å². The predicted molar refractivity (Wildman–Crippen MR) is 125 cm³/mol. The highest BCUT2D eigenvalue weighted by atomic mass is 16.5. The highest BCUT2D eigenvalue weighted by Crippen LogP contribution is 2.36. The molecule has 7 nitrogen and oxygen atoms in total. The van der Waals surface area contributed by atoms with Gasteiger partial charge in [-0.05, 0) is 24.3 Å². The van der Waals surface area contributed by atoms with E-state index in [-0.39, 0.29) is 30.6 Å². The molecule has 0 spiro atoms. The van der Waals surface area contributed by atoms with Gasteiger partial charge >= 0.3 is 0 Å². The Balaban J connectivity index is 1.48. The van der Waals surface area contributed by atoms with Crippen molar-refractivity contribution in [2.24, 2.45) is 5.92 Å². The van der Waals surface area contributed by atoms with Crippen molar-refractivity contribution >= 4 is 29.0 Å². The molecule has 3 aromatic rings. The van der Waals surface area contributed by atoms with Crippen LogP contribution >= 0.6 is 0 Å². The number of methoxy groups -OCH3 is 2. The zero-order valence-electron chi connectivity index (χ0n) is 18.4. The average molecular weight is 444 g/mol. The summed E-state index contributed by atoms with van der Waals surface area (Å²) < 4.78 is 10.7. The molecule has 1 fully saturated rings. The van der Waals surface area contributed by atoms with E-state index in [0.717, 1.165) is 0 Å². The van der Waals surface area contributed by atoms with Crippen LogP contribution in [0.3, 0.4) is 0 Å². The summed E-state index contributed by atoms with van der Waals surface area (Å²) in [7, 11) is 3.07. The first-order chi connectivity index (χ1) is 16.0. The number of nitrogens with zero attached hydrogens (tertiary/aromatic N) is 1. The van der Waals surface area contributed by atoms with Gasteiger partial charge in [-0.1, -0.05) is 42.5 Å². The smallest absolute Gasteiger partial charge is 0.229 e. The molecule has 0 aliphatic carbocycles. The first-order valence-corrected chi connectivity index (χ1v) is 10.5. The number of rotatable bonds is 7. The highest BCUT2D eigenvalue weighted by molar-refractivity contribution is 6.10. The minimum absolute atomic E-state index is 0.0782. The van der Waals surface area contributed by atoms with Gasteiger partial charge in [0.25, 0.3) is 0 Å². The molecule has 0 bridgehead atoms. The molecule has 3 aromatic carbocycles. The third-order valence-electron chi connectivity index (χ3n) is 5.60. The van der Waals surface area contributed by atoms with Crippen LogP contribution in [0.1, 0.15) is 22.3 Å². The van der Waals surface area contributed by atoms with Gasteiger partial charge in [0.2, 0.25) is 11.8 Å². The third-order valence-corrected chi connectivity index (χ3v) is 5.60. The van der Waals surface area contributed by atoms with E-state index in [4.69, 9.17) is 9.47 Å². The first-order valence-electron chi connectivity index (χ1n) is 10.5. The van der Waals surface area contributed by atoms with Crippen LogP contribution in [0.15, 0.2) is 72.8 Å². The van der Waals surface area contributed by atoms with E-state index in [9.17, 15) is 14.4 Å². The molecule has 0 aromatic heterocycles. The van der Waals surface area contributed by atoms with E-state index in [0.29, 0.717) is 34.0 Å². The van der Waals surface area contributed by atoms with Crippen LogP contribution < -0.4 is 19.7 Å². The Hall–Kier alpha value is -4.13. The number of carbonyl (C=O) groups is 3. The predicted octanol–water partition coefficient (Wildman–Crippen LogP) is 3.93. The van der Waals surface area contributed by atoms with E-state index in [1.165, 1.54) is 7.11 Å². The molecule has 0 radical (unpaired) electrons. The Bertz CT molecular complexity index is 1190. The van der Waals surface area contributed by atoms with E-state index >= 15 is 0 Å². The maximum absolute atomic E-state index is 12.9. The molecule has 4 rings (SSSR count). The fourth-order valence-corrected chi connectivity index (χ4v) is 3.86. The van der Waals surface area contributed by atoms with Gasteiger partial charge in [0.05, 0.1) is 25.8 Å². The lowest BCUT2D eigenvalue weighted by atomic mass is 10.0. The summed E-state index contributed by atoms with van der Waals surface area (Å²) in [5.74, 6) is -0.00334. The normalized spacial score (nSPS) is 15.3. The van der Waals surface area contributed by atoms with Crippen molar-refractivity contribution < 1.29 is 23.9 Å². The molecule has 1 aliphatic rings. The molecule has 1 saturated heterocycles. The molecule has 1 aliphatic heterocycles. The van der Waals surface area contributed by atoms with Gasteiger partial charge in [-0.2, -0.15) is 0 Å². The van der Waals surface area contributed by atoms with Gasteiger partial charge in [-0.15, -0.1) is 0 Å². The number of carbonyl (C=O) groups excluding carboxylic acids is 3. The van der Waals surface area contributed by atoms with Crippen LogP contribution in [0.2, 0.25) is 0 Å². The van der Waals surface area contributed by atoms with Crippen LogP contribution in [-0.4, -0.2) is 38.4 Å². The van der Waals surface area contributed by atoms with Crippen molar-refractivity contribution in [1.29, 1.82) is 0 Å². The van der Waals surface area contributed by atoms with Gasteiger partial charge in [0.15, 0.2) is 5.78 Å². The summed E-state index contributed by atoms with van der Waals surface area (Å²) >= 11 is 0. The molecule has 168 valence electrons. The molecule has 1 unspecified atom stereocenters. The lowest BCUT2D eigenvalue weighted by molar-refractivity contribution is -0.122. The monoisotopic (exact) mass is 444 g/mol. The summed E-state index contributed by atoms with van der Waals surface area (Å²) in [5, 5.41) is 2.85. The van der Waals surface area contributed by atoms with Crippen molar-refractivity contribution in [3.8, 4) is 11.5 Å². The maximum atomic E-state index is 12.9. The Morgan fingerprint density at radius 3 is 2.39 bits per heavy atom. The lowest BCUT2D eigenvalue weighted by Crippen LogP contribution is -2.28. The van der Waals surface area contributed by atoms with Crippen LogP contribution in [0.4, 0.5) is 11.4 Å². The average Bonchev–Trinajstić information content (AvgIpc) is 3.25. The fourth-order valence-electron chi connectivity index (χ4n) is 3.86. The molecule has 33 heavy (non-hydrogen) atoms. The van der Waals surface area contributed by atoms with Crippen molar-refractivity contribution in [2.75, 3.05) is 31.0 Å². The molecule has 0 saturated carbocycles. The summed E-state index contributed by atoms with van der Waals surface area (Å²) in [6, 6.07) is 20.9. The second-order valence-corrected chi connectivity index (χ2v) is 7.71. The van der Waals surface area contributed by atoms with E-state index in [2.05, 4.69) is 5.32 Å². The number of amides is 2. The minimum Gasteiger partial charge on any atom is -0.497 e. The van der Waals surface area contributed by atoms with Crippen molar-refractivity contribution in [2.45, 2.75) is 6.42 Å². The second-order valence-electron chi connectivity index (χ2n) is 7.71. The van der Waals surface area contributed by atoms with Crippen molar-refractivity contribution in [3.63, 3.8) is 0 Å². The first kappa shape index (κ1) is 22.1. The van der Waals surface area contributed by atoms with E-state index < -0.39 is 5.92 Å². The Kier molecular flexibility index (Phi) is 6.40. The second kappa shape index (κ2) is 9.56. The van der Waals surface area contributed by atoms with Crippen molar-refractivity contribution in [3.05, 3.63) is 83.9 Å². The minimum atomic E-state index is -0.540. The third kappa shape index (κ3) is 4.72. The standard InChI is InChI=1S/C26H24N2O5/c1-32-21-11-12-23(33-2)22(15-21)28-16-19(14-24(28)29)26(31)27-20-10-6-9-18(13-20)25(30)17-7-4-3-5-8-17/h3-13,15,19H,14,16H2,1-2H3,(H,27,31). The van der Waals surface area contributed by atoms with Gasteiger partial charge < -0.3 is 19.7 Å². The molecule has 1 heterocycles. The van der Waals surface area contributed by atoms with Crippen LogP contribution in [-0.2, 0) is 9.59 Å². The van der Waals surface area contributed by atoms with Gasteiger partial charge in [0, 0.05) is 35.8 Å². The van der Waals surface area contributed by atoms with Crippen LogP contribution in [0.25, 0.3) is 0 Å². The number of ether oxygens (including phenoxy) is 2. The van der Waals surface area contributed by atoms with Gasteiger partial charge in [-0.3, -0.25) is 14.4 Å². The summed E-state index contributed by atoms with van der Waals surface area (Å²) in [6.07, 6.45) is 0.0782. The van der Waals surface area contributed by atoms with Gasteiger partial charge in [0.1, 0.15) is 11.5 Å². The number of hydrogen-bond donors (Lipinski definition) is 1. The molecular formula is C26H24N2O5. The molecule has 1 N–H and O–H groups in total. The Morgan fingerprint density at radius 2 is 1.67 bits per heavy atom. The Morgan fingerprint density at radius 1 is 0.909 bits per heavy atom. The summed E-state index contributed by atoms with van der Waals surface area (Å²) in [4.78, 5) is 39.9. The van der Waals surface area contributed by atoms with Crippen LogP contribution in [0.5, 0.6) is 11.5 Å². The topological polar surface area (TPSA) is 84.9 Å². The largest absolute Gasteiger partial charge is 0.497 e. The number of hydrogen-bond acceptors (Lipinski definition) is 5. The molecule has 7 heteroatoms. The fraction of sp³-hybridized carbons (Fsp3) is 0.192. The quantitative estimate of drug-likeness (QED) is 0.558. The lowest BCUT2D eigenvalue weighted by Gasteiger charge is -2.20. The number of ketones is 1. The zero-order chi connectivity index (χ0) is 23.4. The highest BCUT2D eigenvalue weighted by Gasteiger charge is 2.36. The molecule has 2 amide bonds. The number of anilines is 2. The summed E-state index contributed by atoms with van der Waals surface area (Å²) in [6.45, 7) is 0.219. The van der Waals surface area contributed by atoms with Crippen LogP contribution in [0, 0.1) is 5.92 Å². The molecule has 1 atom stereocenters. The number of nitrogens with one attached hydrogen (secondary N) is 1. The SMILES string of the molecule is COc1ccc(OC)c(N2CC(C(=O)Nc3cccc(C(=O)c4ccccc4)c3)CC2=O)c1. The summed E-state index contributed by atoms with van der Waals surface area (Å²) in [5.41, 5.74) is 2.12. The van der Waals surface area contributed by atoms with E-state index in [1.54, 1.807) is 78.7 Å². The number of benzene rings is 3. The van der Waals surface area contributed by atoms with Crippen molar-refractivity contribution in [1.82, 2.24) is 0 Å². The maximum Gasteiger partial charge on any atom is 0.229 e.